The molecule has 428 valence electrons. The van der Waals surface area contributed by atoms with E-state index in [9.17, 15) is 5.11 Å². The first-order valence-corrected chi connectivity index (χ1v) is 30.3. The predicted molar refractivity (Wildman–Crippen MR) is 365 cm³/mol. The molecular formula is C76H55BrN10O2. The summed E-state index contributed by atoms with van der Waals surface area (Å²) in [6.07, 6.45) is 15.2. The monoisotopic (exact) mass is 1220 g/mol. The summed E-state index contributed by atoms with van der Waals surface area (Å²) in [5.74, 6) is 1.75. The molecule has 18 rings (SSSR count). The minimum Gasteiger partial charge on any atom is -0.508 e. The van der Waals surface area contributed by atoms with Crippen LogP contribution in [0.2, 0.25) is 0 Å². The standard InChI is InChI=1S/C38H27N5O.C24H20N2O.C14H8BrN3/c1-22-17-23(2)35(24(3)18-22)34-21-41-38-30-19-25(10-12-27(30)28-7-4-5-8-32(28)43(34)38)44-26-11-13-29-31(20-26)37-40-15-16-42(37)33-9-6-14-39-36(29)33;1-14-10-15(2)23(16(3)11-14)22-13-25-24-20-12-17(27)8-9-18(20)19-6-4-5-7-21(19)26(22)24;15-9-3-4-10-11(8-9)14-17-6-7-18(14)12-2-1-5-16-13(10)12/h4-21H,1-3H3;4-13,27H,1-3H3;1-8H. The van der Waals surface area contributed by atoms with Crippen LogP contribution in [-0.4, -0.2) is 52.6 Å². The zero-order valence-electron chi connectivity index (χ0n) is 49.5. The molecule has 0 aliphatic rings. The second-order valence-corrected chi connectivity index (χ2v) is 24.0. The summed E-state index contributed by atoms with van der Waals surface area (Å²) in [4.78, 5) is 28.1. The number of hydrogen-bond donors (Lipinski definition) is 1. The Bertz CT molecular complexity index is 5930. The summed E-state index contributed by atoms with van der Waals surface area (Å²) in [6, 6.07) is 58.1. The van der Waals surface area contributed by atoms with Crippen LogP contribution in [0.25, 0.3) is 132 Å². The van der Waals surface area contributed by atoms with E-state index in [2.05, 4.69) is 216 Å². The molecule has 0 atom stereocenters. The number of hydrogen-bond acceptors (Lipinski definition) is 8. The zero-order chi connectivity index (χ0) is 60.3. The number of aromatic nitrogens is 10. The molecule has 10 heterocycles. The third kappa shape index (κ3) is 8.70. The molecule has 0 bridgehead atoms. The molecule has 0 saturated carbocycles. The molecule has 18 aromatic rings. The van der Waals surface area contributed by atoms with Crippen LogP contribution >= 0.6 is 15.9 Å². The van der Waals surface area contributed by atoms with Crippen molar-refractivity contribution < 1.29 is 9.84 Å². The van der Waals surface area contributed by atoms with Crippen molar-refractivity contribution in [3.05, 3.63) is 257 Å². The molecule has 0 amide bonds. The van der Waals surface area contributed by atoms with Gasteiger partial charge in [-0.2, -0.15) is 0 Å². The van der Waals surface area contributed by atoms with E-state index in [1.165, 1.54) is 49.9 Å². The van der Waals surface area contributed by atoms with Crippen molar-refractivity contribution in [3.63, 3.8) is 0 Å². The first-order chi connectivity index (χ1) is 43.4. The Kier molecular flexibility index (Phi) is 12.5. The number of rotatable bonds is 4. The van der Waals surface area contributed by atoms with Crippen molar-refractivity contribution in [2.24, 2.45) is 0 Å². The Morgan fingerprint density at radius 2 is 0.787 bits per heavy atom. The van der Waals surface area contributed by atoms with Crippen molar-refractivity contribution in [3.8, 4) is 39.8 Å². The Balaban J connectivity index is 0.000000119. The number of aryl methyl sites for hydroxylation is 6. The van der Waals surface area contributed by atoms with Crippen LogP contribution in [0, 0.1) is 41.5 Å². The fourth-order valence-corrected chi connectivity index (χ4v) is 14.2. The van der Waals surface area contributed by atoms with Gasteiger partial charge in [0.05, 0.1) is 56.9 Å². The topological polar surface area (TPSA) is 124 Å². The van der Waals surface area contributed by atoms with E-state index in [0.29, 0.717) is 0 Å². The average Bonchev–Trinajstić information content (AvgIpc) is 1.85. The van der Waals surface area contributed by atoms with E-state index < -0.39 is 0 Å². The maximum atomic E-state index is 10.1. The van der Waals surface area contributed by atoms with Crippen LogP contribution in [0.3, 0.4) is 0 Å². The molecule has 0 fully saturated rings. The number of benzene rings is 8. The molecule has 0 radical (unpaired) electrons. The molecule has 10 aromatic heterocycles. The lowest BCUT2D eigenvalue weighted by atomic mass is 9.97. The summed E-state index contributed by atoms with van der Waals surface area (Å²) in [7, 11) is 0. The maximum absolute atomic E-state index is 10.1. The number of phenolic OH excluding ortho intramolecular Hbond substituents is 1. The molecule has 1 N–H and O–H groups in total. The van der Waals surface area contributed by atoms with Crippen LogP contribution in [0.4, 0.5) is 0 Å². The second-order valence-electron chi connectivity index (χ2n) is 23.1. The minimum atomic E-state index is 0.256. The van der Waals surface area contributed by atoms with Gasteiger partial charge in [-0.15, -0.1) is 0 Å². The van der Waals surface area contributed by atoms with Gasteiger partial charge in [-0.25, -0.2) is 19.9 Å². The Labute approximate surface area is 518 Å². The molecular weight excluding hydrogens is 1160 g/mol. The number of para-hydroxylation sites is 2. The number of ether oxygens (including phenoxy) is 1. The molecule has 0 unspecified atom stereocenters. The van der Waals surface area contributed by atoms with Gasteiger partial charge in [-0.1, -0.05) is 93.8 Å². The van der Waals surface area contributed by atoms with Crippen molar-refractivity contribution >= 4 is 125 Å². The van der Waals surface area contributed by atoms with Crippen LogP contribution in [0.15, 0.2) is 224 Å². The van der Waals surface area contributed by atoms with Gasteiger partial charge in [-0.3, -0.25) is 27.6 Å². The first kappa shape index (κ1) is 53.5. The molecule has 12 nitrogen and oxygen atoms in total. The highest BCUT2D eigenvalue weighted by molar-refractivity contribution is 9.10. The van der Waals surface area contributed by atoms with Crippen molar-refractivity contribution in [2.75, 3.05) is 0 Å². The lowest BCUT2D eigenvalue weighted by Crippen LogP contribution is -1.97. The fraction of sp³-hybridized carbons (Fsp3) is 0.0789. The van der Waals surface area contributed by atoms with Gasteiger partial charge < -0.3 is 9.84 Å². The van der Waals surface area contributed by atoms with E-state index in [0.717, 1.165) is 132 Å². The summed E-state index contributed by atoms with van der Waals surface area (Å²) in [5, 5.41) is 20.9. The number of nitrogens with zero attached hydrogens (tertiary/aromatic N) is 10. The Morgan fingerprint density at radius 3 is 1.30 bits per heavy atom. The molecule has 89 heavy (non-hydrogen) atoms. The van der Waals surface area contributed by atoms with Gasteiger partial charge in [0, 0.05) is 95.9 Å². The van der Waals surface area contributed by atoms with Crippen molar-refractivity contribution in [1.82, 2.24) is 47.5 Å². The number of halogens is 1. The largest absolute Gasteiger partial charge is 0.508 e. The van der Waals surface area contributed by atoms with E-state index >= 15 is 0 Å². The quantitative estimate of drug-likeness (QED) is 0.173. The van der Waals surface area contributed by atoms with Crippen LogP contribution < -0.4 is 4.74 Å². The Morgan fingerprint density at radius 1 is 0.360 bits per heavy atom. The predicted octanol–water partition coefficient (Wildman–Crippen LogP) is 19.1. The Hall–Kier alpha value is -11.0. The average molecular weight is 1220 g/mol. The third-order valence-corrected chi connectivity index (χ3v) is 17.8. The van der Waals surface area contributed by atoms with Gasteiger partial charge in [0.2, 0.25) is 0 Å². The second kappa shape index (κ2) is 20.9. The molecule has 0 aliphatic heterocycles. The molecule has 0 spiro atoms. The highest BCUT2D eigenvalue weighted by Crippen LogP contribution is 2.41. The first-order valence-electron chi connectivity index (χ1n) is 29.5. The van der Waals surface area contributed by atoms with Gasteiger partial charge >= 0.3 is 0 Å². The van der Waals surface area contributed by atoms with Gasteiger partial charge in [-0.05, 0) is 178 Å². The van der Waals surface area contributed by atoms with Crippen molar-refractivity contribution in [2.45, 2.75) is 41.5 Å². The molecule has 13 heteroatoms. The van der Waals surface area contributed by atoms with Gasteiger partial charge in [0.1, 0.15) is 39.8 Å². The normalized spacial score (nSPS) is 11.8. The summed E-state index contributed by atoms with van der Waals surface area (Å²) in [5.41, 5.74) is 22.1. The molecule has 8 aromatic carbocycles. The molecule has 0 aliphatic carbocycles. The summed E-state index contributed by atoms with van der Waals surface area (Å²) >= 11 is 3.51. The van der Waals surface area contributed by atoms with Crippen LogP contribution in [-0.2, 0) is 0 Å². The SMILES string of the molecule is Brc1ccc2c(c1)c1nccn1c1cccnc21.Cc1cc(C)c(-c2cnc3c4cc(O)ccc4c4ccccc4n23)c(C)c1.Cc1cc(C)c(-c2cnc3c4cc(Oc5ccc6c(c5)c5nccn5c5cccnc65)ccc4c4ccccc4n23)c(C)c1. The number of aromatic hydroxyl groups is 1. The van der Waals surface area contributed by atoms with Gasteiger partial charge in [0.25, 0.3) is 0 Å². The zero-order valence-corrected chi connectivity index (χ0v) is 51.1. The summed E-state index contributed by atoms with van der Waals surface area (Å²) in [6.45, 7) is 13.0. The minimum absolute atomic E-state index is 0.256. The molecule has 0 saturated heterocycles. The van der Waals surface area contributed by atoms with E-state index in [4.69, 9.17) is 14.7 Å². The highest BCUT2D eigenvalue weighted by Gasteiger charge is 2.21. The van der Waals surface area contributed by atoms with E-state index in [1.54, 1.807) is 6.07 Å². The van der Waals surface area contributed by atoms with E-state index in [-0.39, 0.29) is 5.75 Å². The number of imidazole rings is 4. The number of phenols is 1. The summed E-state index contributed by atoms with van der Waals surface area (Å²) < 4.78 is 16.3. The van der Waals surface area contributed by atoms with Crippen LogP contribution in [0.1, 0.15) is 33.4 Å². The highest BCUT2D eigenvalue weighted by atomic mass is 79.9. The lowest BCUT2D eigenvalue weighted by molar-refractivity contribution is 0.476. The lowest BCUT2D eigenvalue weighted by Gasteiger charge is -2.15. The van der Waals surface area contributed by atoms with Gasteiger partial charge in [0.15, 0.2) is 0 Å². The van der Waals surface area contributed by atoms with E-state index in [1.807, 2.05) is 92.0 Å². The third-order valence-electron chi connectivity index (χ3n) is 17.3. The van der Waals surface area contributed by atoms with Crippen LogP contribution in [0.5, 0.6) is 17.2 Å². The number of fused-ring (bicyclic) bond motifs is 24. The maximum Gasteiger partial charge on any atom is 0.145 e. The fourth-order valence-electron chi connectivity index (χ4n) is 13.9. The van der Waals surface area contributed by atoms with Crippen molar-refractivity contribution in [1.29, 1.82) is 0 Å². The number of pyridine rings is 6. The smallest absolute Gasteiger partial charge is 0.145 e.